The topological polar surface area (TPSA) is 94.8 Å². The molecule has 8 nitrogen and oxygen atoms in total. The Bertz CT molecular complexity index is 900. The summed E-state index contributed by atoms with van der Waals surface area (Å²) in [5.74, 6) is 1.39. The predicted octanol–water partition coefficient (Wildman–Crippen LogP) is 2.94. The van der Waals surface area contributed by atoms with Crippen LogP contribution in [0, 0.1) is 6.92 Å². The highest BCUT2D eigenvalue weighted by Crippen LogP contribution is 2.22. The first-order valence-electron chi connectivity index (χ1n) is 7.49. The number of aromatic nitrogens is 5. The smallest absolute Gasteiger partial charge is 0.236 e. The van der Waals surface area contributed by atoms with Gasteiger partial charge in [-0.15, -0.1) is 20.4 Å². The third kappa shape index (κ3) is 4.71. The molecule has 26 heavy (non-hydrogen) atoms. The normalized spacial score (nSPS) is 10.7. The quantitative estimate of drug-likeness (QED) is 0.598. The van der Waals surface area contributed by atoms with E-state index < -0.39 is 0 Å². The van der Waals surface area contributed by atoms with Crippen LogP contribution in [0.4, 0.5) is 5.13 Å². The molecule has 0 aliphatic heterocycles. The van der Waals surface area contributed by atoms with Crippen LogP contribution in [-0.2, 0) is 18.4 Å². The number of hydrogen-bond acceptors (Lipinski definition) is 8. The van der Waals surface area contributed by atoms with Crippen molar-refractivity contribution in [1.29, 1.82) is 0 Å². The molecule has 1 aromatic carbocycles. The Balaban J connectivity index is 1.53. The van der Waals surface area contributed by atoms with Gasteiger partial charge in [0.15, 0.2) is 11.0 Å². The Morgan fingerprint density at radius 3 is 2.96 bits per heavy atom. The lowest BCUT2D eigenvalue weighted by Gasteiger charge is -2.08. The SMILES string of the molecule is Cc1cc(OCc2nnc(SCC(=O)Nc3nncs3)n2C)ccc1Cl. The van der Waals surface area contributed by atoms with Gasteiger partial charge in [0.1, 0.15) is 17.9 Å². The fourth-order valence-electron chi connectivity index (χ4n) is 1.96. The van der Waals surface area contributed by atoms with Crippen molar-refractivity contribution in [3.63, 3.8) is 0 Å². The van der Waals surface area contributed by atoms with Crippen LogP contribution in [0.1, 0.15) is 11.4 Å². The van der Waals surface area contributed by atoms with Crippen molar-refractivity contribution in [2.24, 2.45) is 7.05 Å². The molecular weight excluding hydrogens is 396 g/mol. The molecule has 0 saturated carbocycles. The molecule has 11 heteroatoms. The Morgan fingerprint density at radius 2 is 2.23 bits per heavy atom. The Hall–Kier alpha value is -2.17. The second kappa shape index (κ2) is 8.47. The van der Waals surface area contributed by atoms with E-state index in [2.05, 4.69) is 25.7 Å². The first-order valence-corrected chi connectivity index (χ1v) is 9.73. The summed E-state index contributed by atoms with van der Waals surface area (Å²) in [6.07, 6.45) is 0. The zero-order valence-electron chi connectivity index (χ0n) is 14.0. The van der Waals surface area contributed by atoms with Gasteiger partial charge < -0.3 is 9.30 Å². The average molecular weight is 411 g/mol. The van der Waals surface area contributed by atoms with Crippen LogP contribution in [0.2, 0.25) is 5.02 Å². The molecule has 2 heterocycles. The number of ether oxygens (including phenoxy) is 1. The number of hydrogen-bond donors (Lipinski definition) is 1. The van der Waals surface area contributed by atoms with E-state index in [-0.39, 0.29) is 18.3 Å². The lowest BCUT2D eigenvalue weighted by molar-refractivity contribution is -0.113. The van der Waals surface area contributed by atoms with Crippen LogP contribution in [0.15, 0.2) is 28.9 Å². The number of carbonyl (C=O) groups excluding carboxylic acids is 1. The Kier molecular flexibility index (Phi) is 6.07. The lowest BCUT2D eigenvalue weighted by atomic mass is 10.2. The van der Waals surface area contributed by atoms with Crippen LogP contribution in [0.25, 0.3) is 0 Å². The first-order chi connectivity index (χ1) is 12.5. The van der Waals surface area contributed by atoms with Gasteiger partial charge in [-0.1, -0.05) is 34.7 Å². The Morgan fingerprint density at radius 1 is 1.38 bits per heavy atom. The summed E-state index contributed by atoms with van der Waals surface area (Å²) < 4.78 is 7.53. The van der Waals surface area contributed by atoms with Gasteiger partial charge in [0.2, 0.25) is 11.0 Å². The maximum absolute atomic E-state index is 11.9. The highest BCUT2D eigenvalue weighted by atomic mass is 35.5. The number of halogens is 1. The molecule has 0 saturated heterocycles. The fourth-order valence-corrected chi connectivity index (χ4v) is 3.27. The number of thioether (sulfide) groups is 1. The van der Waals surface area contributed by atoms with Crippen LogP contribution in [0.3, 0.4) is 0 Å². The summed E-state index contributed by atoms with van der Waals surface area (Å²) in [5, 5.41) is 20.1. The monoisotopic (exact) mass is 410 g/mol. The van der Waals surface area contributed by atoms with E-state index in [1.165, 1.54) is 23.1 Å². The van der Waals surface area contributed by atoms with E-state index in [1.54, 1.807) is 22.2 Å². The maximum Gasteiger partial charge on any atom is 0.236 e. The van der Waals surface area contributed by atoms with Gasteiger partial charge in [-0.25, -0.2) is 0 Å². The molecule has 0 spiro atoms. The molecule has 3 rings (SSSR count). The molecule has 0 aliphatic carbocycles. The lowest BCUT2D eigenvalue weighted by Crippen LogP contribution is -2.14. The van der Waals surface area contributed by atoms with Gasteiger partial charge >= 0.3 is 0 Å². The van der Waals surface area contributed by atoms with Crippen molar-refractivity contribution in [2.45, 2.75) is 18.7 Å². The maximum atomic E-state index is 11.9. The zero-order chi connectivity index (χ0) is 18.5. The number of carbonyl (C=O) groups is 1. The van der Waals surface area contributed by atoms with Crippen molar-refractivity contribution in [2.75, 3.05) is 11.1 Å². The zero-order valence-corrected chi connectivity index (χ0v) is 16.4. The van der Waals surface area contributed by atoms with Crippen molar-refractivity contribution < 1.29 is 9.53 Å². The summed E-state index contributed by atoms with van der Waals surface area (Å²) in [6, 6.07) is 5.46. The minimum absolute atomic E-state index is 0.177. The highest BCUT2D eigenvalue weighted by Gasteiger charge is 2.13. The van der Waals surface area contributed by atoms with Crippen LogP contribution >= 0.6 is 34.7 Å². The van der Waals surface area contributed by atoms with Gasteiger partial charge in [-0.05, 0) is 30.7 Å². The molecule has 3 aromatic rings. The van der Waals surface area contributed by atoms with Crippen molar-refractivity contribution in [3.8, 4) is 5.75 Å². The molecule has 1 amide bonds. The van der Waals surface area contributed by atoms with Crippen LogP contribution in [-0.4, -0.2) is 36.6 Å². The van der Waals surface area contributed by atoms with Crippen LogP contribution < -0.4 is 10.1 Å². The molecule has 0 radical (unpaired) electrons. The van der Waals surface area contributed by atoms with Crippen molar-refractivity contribution >= 4 is 45.7 Å². The van der Waals surface area contributed by atoms with Gasteiger partial charge in [-0.3, -0.25) is 10.1 Å². The largest absolute Gasteiger partial charge is 0.486 e. The fraction of sp³-hybridized carbons (Fsp3) is 0.267. The number of nitrogens with one attached hydrogen (secondary N) is 1. The highest BCUT2D eigenvalue weighted by molar-refractivity contribution is 7.99. The molecule has 0 bridgehead atoms. The summed E-state index contributed by atoms with van der Waals surface area (Å²) in [4.78, 5) is 11.9. The molecule has 0 fully saturated rings. The van der Waals surface area contributed by atoms with Crippen LogP contribution in [0.5, 0.6) is 5.75 Å². The van der Waals surface area contributed by atoms with E-state index in [0.29, 0.717) is 26.9 Å². The summed E-state index contributed by atoms with van der Waals surface area (Å²) >= 11 is 8.56. The van der Waals surface area contributed by atoms with Gasteiger partial charge in [0.05, 0.1) is 5.75 Å². The second-order valence-corrected chi connectivity index (χ2v) is 7.42. The number of anilines is 1. The third-order valence-electron chi connectivity index (χ3n) is 3.36. The number of nitrogens with zero attached hydrogens (tertiary/aromatic N) is 5. The molecule has 1 N–H and O–H groups in total. The number of benzene rings is 1. The summed E-state index contributed by atoms with van der Waals surface area (Å²) in [6.45, 7) is 2.18. The molecule has 0 atom stereocenters. The molecule has 2 aromatic heterocycles. The predicted molar refractivity (Wildman–Crippen MR) is 101 cm³/mol. The van der Waals surface area contributed by atoms with E-state index in [0.717, 1.165) is 5.56 Å². The minimum Gasteiger partial charge on any atom is -0.486 e. The number of amides is 1. The summed E-state index contributed by atoms with van der Waals surface area (Å²) in [5.41, 5.74) is 2.50. The number of rotatable bonds is 7. The molecule has 0 aliphatic rings. The van der Waals surface area contributed by atoms with Crippen molar-refractivity contribution in [1.82, 2.24) is 25.0 Å². The van der Waals surface area contributed by atoms with Crippen molar-refractivity contribution in [3.05, 3.63) is 40.1 Å². The van der Waals surface area contributed by atoms with E-state index in [4.69, 9.17) is 16.3 Å². The standard InChI is InChI=1S/C15H15ClN6O2S2/c1-9-5-10(3-4-11(9)16)24-6-12-19-21-15(22(12)2)25-7-13(23)18-14-20-17-8-26-14/h3-5,8H,6-7H2,1-2H3,(H,18,20,23). The molecule has 0 unspecified atom stereocenters. The van der Waals surface area contributed by atoms with Gasteiger partial charge in [0, 0.05) is 12.1 Å². The second-order valence-electron chi connectivity index (χ2n) is 5.24. The van der Waals surface area contributed by atoms with E-state index in [1.807, 2.05) is 20.0 Å². The van der Waals surface area contributed by atoms with Gasteiger partial charge in [-0.2, -0.15) is 0 Å². The van der Waals surface area contributed by atoms with Gasteiger partial charge in [0.25, 0.3) is 0 Å². The van der Waals surface area contributed by atoms with E-state index in [9.17, 15) is 4.79 Å². The Labute approximate surface area is 162 Å². The molecular formula is C15H15ClN6O2S2. The number of aryl methyl sites for hydroxylation is 1. The average Bonchev–Trinajstić information content (AvgIpc) is 3.24. The summed E-state index contributed by atoms with van der Waals surface area (Å²) in [7, 11) is 1.83. The molecule has 136 valence electrons. The minimum atomic E-state index is -0.177. The first kappa shape index (κ1) is 18.6. The van der Waals surface area contributed by atoms with E-state index >= 15 is 0 Å². The third-order valence-corrected chi connectivity index (χ3v) is 5.41.